The predicted octanol–water partition coefficient (Wildman–Crippen LogP) is 4.82. The summed E-state index contributed by atoms with van der Waals surface area (Å²) in [5, 5.41) is 12.3. The summed E-state index contributed by atoms with van der Waals surface area (Å²) in [6.45, 7) is 5.81. The lowest BCUT2D eigenvalue weighted by Crippen LogP contribution is -2.55. The molecule has 1 aliphatic heterocycles. The molecule has 1 aliphatic carbocycles. The molecule has 1 saturated carbocycles. The largest absolute Gasteiger partial charge is 0.368 e. The van der Waals surface area contributed by atoms with Gasteiger partial charge in [-0.1, -0.05) is 58.1 Å². The van der Waals surface area contributed by atoms with Gasteiger partial charge in [0.2, 0.25) is 17.3 Å². The van der Waals surface area contributed by atoms with Crippen LogP contribution in [0.15, 0.2) is 42.6 Å². The van der Waals surface area contributed by atoms with E-state index in [4.69, 9.17) is 0 Å². The summed E-state index contributed by atoms with van der Waals surface area (Å²) in [5.41, 5.74) is -0.758. The number of nitrogens with zero attached hydrogens (tertiary/aromatic N) is 3. The minimum Gasteiger partial charge on any atom is -0.368 e. The zero-order valence-corrected chi connectivity index (χ0v) is 29.0. The molecule has 1 aromatic heterocycles. The lowest BCUT2D eigenvalue weighted by Gasteiger charge is -2.36. The van der Waals surface area contributed by atoms with Gasteiger partial charge in [0.25, 0.3) is 14.9 Å². The number of halogens is 3. The van der Waals surface area contributed by atoms with Gasteiger partial charge in [-0.3, -0.25) is 24.3 Å². The zero-order valence-electron chi connectivity index (χ0n) is 28.0. The number of fused-ring (bicyclic) bond motifs is 1. The van der Waals surface area contributed by atoms with Crippen LogP contribution in [0.1, 0.15) is 69.4 Å². The number of alkyl halides is 2. The molecule has 263 valence electrons. The Morgan fingerprint density at radius 3 is 2.43 bits per heavy atom. The molecule has 4 N–H and O–H groups in total. The Balaban J connectivity index is 1.33. The minimum atomic E-state index is -3.93. The van der Waals surface area contributed by atoms with E-state index >= 15 is 13.2 Å². The average Bonchev–Trinajstić information content (AvgIpc) is 3.58. The van der Waals surface area contributed by atoms with Gasteiger partial charge in [0.1, 0.15) is 11.9 Å². The molecule has 49 heavy (non-hydrogen) atoms. The Bertz CT molecular complexity index is 1670. The van der Waals surface area contributed by atoms with Gasteiger partial charge in [0.05, 0.1) is 17.4 Å². The maximum absolute atomic E-state index is 15.6. The van der Waals surface area contributed by atoms with Crippen molar-refractivity contribution >= 4 is 48.8 Å². The molecule has 2 heterocycles. The first-order valence-electron chi connectivity index (χ1n) is 16.8. The van der Waals surface area contributed by atoms with Crippen molar-refractivity contribution in [3.63, 3.8) is 0 Å². The normalized spacial score (nSPS) is 17.5. The highest BCUT2D eigenvalue weighted by molar-refractivity contribution is 6.92. The summed E-state index contributed by atoms with van der Waals surface area (Å²) >= 11 is 0. The van der Waals surface area contributed by atoms with Crippen molar-refractivity contribution in [2.24, 2.45) is 0 Å². The topological polar surface area (TPSA) is 140 Å². The molecule has 4 amide bonds. The summed E-state index contributed by atoms with van der Waals surface area (Å²) in [4.78, 5) is 58.9. The lowest BCUT2D eigenvalue weighted by atomic mass is 9.91. The Morgan fingerprint density at radius 2 is 1.76 bits per heavy atom. The van der Waals surface area contributed by atoms with E-state index in [-0.39, 0.29) is 29.5 Å². The first kappa shape index (κ1) is 36.0. The molecule has 1 radical (unpaired) electrons. The number of hydrogen-bond acceptors (Lipinski definition) is 6. The van der Waals surface area contributed by atoms with Gasteiger partial charge < -0.3 is 25.4 Å². The van der Waals surface area contributed by atoms with Gasteiger partial charge in [-0.2, -0.15) is 13.9 Å². The van der Waals surface area contributed by atoms with Crippen molar-refractivity contribution in [3.8, 4) is 0 Å². The molecule has 2 aliphatic rings. The van der Waals surface area contributed by atoms with E-state index in [1.807, 2.05) is 7.05 Å². The van der Waals surface area contributed by atoms with Gasteiger partial charge in [-0.15, -0.1) is 0 Å². The van der Waals surface area contributed by atoms with Gasteiger partial charge in [0.15, 0.2) is 0 Å². The zero-order chi connectivity index (χ0) is 35.3. The summed E-state index contributed by atoms with van der Waals surface area (Å²) < 4.78 is 46.6. The molecule has 5 rings (SSSR count). The Kier molecular flexibility index (Phi) is 11.4. The third-order valence-corrected chi connectivity index (χ3v) is 12.1. The van der Waals surface area contributed by atoms with Crippen molar-refractivity contribution in [1.29, 1.82) is 0 Å². The second kappa shape index (κ2) is 15.5. The van der Waals surface area contributed by atoms with Crippen LogP contribution in [0.5, 0.6) is 0 Å². The van der Waals surface area contributed by atoms with Crippen molar-refractivity contribution in [1.82, 2.24) is 30.3 Å². The van der Waals surface area contributed by atoms with Crippen molar-refractivity contribution in [3.05, 3.63) is 59.5 Å². The van der Waals surface area contributed by atoms with E-state index < -0.39 is 49.7 Å². The molecule has 2 aromatic carbocycles. The molecule has 15 heteroatoms. The molecule has 0 spiro atoms. The van der Waals surface area contributed by atoms with E-state index in [1.165, 1.54) is 30.5 Å². The Hall–Kier alpha value is -4.24. The summed E-state index contributed by atoms with van der Waals surface area (Å²) in [7, 11) is -0.687. The van der Waals surface area contributed by atoms with E-state index in [2.05, 4.69) is 30.7 Å². The third-order valence-electron chi connectivity index (χ3n) is 9.58. The average molecular weight is 699 g/mol. The fourth-order valence-electron chi connectivity index (χ4n) is 6.40. The van der Waals surface area contributed by atoms with Crippen LogP contribution in [-0.2, 0) is 20.3 Å². The maximum Gasteiger partial charge on any atom is 0.348 e. The fourth-order valence-corrected chi connectivity index (χ4v) is 8.75. The fraction of sp³-hybridized carbons (Fsp3) is 0.500. The molecule has 11 nitrogen and oxygen atoms in total. The Labute approximate surface area is 285 Å². The smallest absolute Gasteiger partial charge is 0.348 e. The molecule has 1 saturated heterocycles. The van der Waals surface area contributed by atoms with Crippen LogP contribution >= 0.6 is 0 Å². The number of carbonyl (C=O) groups excluding carboxylic acids is 4. The number of rotatable bonds is 11. The maximum atomic E-state index is 15.6. The Morgan fingerprint density at radius 1 is 1.04 bits per heavy atom. The van der Waals surface area contributed by atoms with E-state index in [0.29, 0.717) is 55.5 Å². The van der Waals surface area contributed by atoms with Gasteiger partial charge >= 0.3 is 5.92 Å². The van der Waals surface area contributed by atoms with Gasteiger partial charge in [0, 0.05) is 49.5 Å². The number of carbonyl (C=O) groups is 4. The minimum absolute atomic E-state index is 0.172. The second-order valence-corrected chi connectivity index (χ2v) is 15.3. The molecule has 0 unspecified atom stereocenters. The second-order valence-electron chi connectivity index (χ2n) is 13.0. The number of aromatic amines is 1. The highest BCUT2D eigenvalue weighted by Crippen LogP contribution is 2.34. The summed E-state index contributed by atoms with van der Waals surface area (Å²) in [6, 6.07) is 6.93. The van der Waals surface area contributed by atoms with E-state index in [0.717, 1.165) is 25.3 Å². The standard InChI is InChI=1S/C34H43F3N7O4Si/c1-4-29(45)40-30(31(46)44-16-14-43(3)15-17-44)21(2)22-10-12-28(26(35)19-22)39-33(48)49(25-8-6-5-7-9-25)42-32(47)34(36,37)24-11-13-27-23(18-24)20-38-41-27/h10-13,18-21,25,30H,4-9,14-17H2,1-3H3,(H,38,41)(H,39,48)(H,40,45)(H,42,47)/t21-,30+/m0/s1. The number of anilines is 1. The number of likely N-dealkylation sites (N-methyl/N-ethyl adjacent to an activating group) is 1. The number of hydrogen-bond donors (Lipinski definition) is 4. The first-order valence-corrected chi connectivity index (χ1v) is 18.3. The van der Waals surface area contributed by atoms with Crippen molar-refractivity contribution < 1.29 is 32.3 Å². The first-order chi connectivity index (χ1) is 23.4. The highest BCUT2D eigenvalue weighted by Gasteiger charge is 2.45. The molecule has 2 atom stereocenters. The van der Waals surface area contributed by atoms with Crippen LogP contribution in [0.3, 0.4) is 0 Å². The highest BCUT2D eigenvalue weighted by atomic mass is 28.3. The van der Waals surface area contributed by atoms with Crippen LogP contribution < -0.4 is 15.6 Å². The van der Waals surface area contributed by atoms with Gasteiger partial charge in [-0.25, -0.2) is 4.39 Å². The monoisotopic (exact) mass is 698 g/mol. The van der Waals surface area contributed by atoms with E-state index in [9.17, 15) is 19.2 Å². The van der Waals surface area contributed by atoms with Crippen molar-refractivity contribution in [2.45, 2.75) is 75.8 Å². The van der Waals surface area contributed by atoms with Crippen LogP contribution in [-0.4, -0.2) is 91.5 Å². The molecular weight excluding hydrogens is 655 g/mol. The lowest BCUT2D eigenvalue weighted by molar-refractivity contribution is -0.145. The SMILES string of the molecule is CCC(=O)N[C@@H](C(=O)N1CCN(C)CC1)[C@@H](C)c1ccc(NC(=O)[Si](NC(=O)C(F)(F)c2ccc3[nH]ncc3c2)C2CCCCC2)c(F)c1. The molecular formula is C34H43F3N7O4Si. The number of aromatic nitrogens is 2. The molecule has 0 bridgehead atoms. The number of benzene rings is 2. The molecule has 3 aromatic rings. The van der Waals surface area contributed by atoms with Crippen LogP contribution in [0.2, 0.25) is 5.54 Å². The van der Waals surface area contributed by atoms with Crippen LogP contribution in [0.4, 0.5) is 23.7 Å². The number of piperazine rings is 1. The molecule has 2 fully saturated rings. The van der Waals surface area contributed by atoms with Crippen LogP contribution in [0.25, 0.3) is 10.9 Å². The third kappa shape index (κ3) is 8.32. The summed E-state index contributed by atoms with van der Waals surface area (Å²) in [5.74, 6) is -7.47. The van der Waals surface area contributed by atoms with Crippen molar-refractivity contribution in [2.75, 3.05) is 38.5 Å². The summed E-state index contributed by atoms with van der Waals surface area (Å²) in [6.07, 6.45) is 5.24. The quantitative estimate of drug-likeness (QED) is 0.212. The predicted molar refractivity (Wildman–Crippen MR) is 181 cm³/mol. The number of H-pyrrole nitrogens is 1. The van der Waals surface area contributed by atoms with E-state index in [1.54, 1.807) is 24.8 Å². The van der Waals surface area contributed by atoms with Gasteiger partial charge in [-0.05, 0) is 42.4 Å². The number of amides is 4. The number of nitrogens with one attached hydrogen (secondary N) is 4. The van der Waals surface area contributed by atoms with Crippen LogP contribution in [0, 0.1) is 5.82 Å².